The van der Waals surface area contributed by atoms with Gasteiger partial charge in [-0.05, 0) is 56.4 Å². The van der Waals surface area contributed by atoms with Gasteiger partial charge >= 0.3 is 0 Å². The van der Waals surface area contributed by atoms with E-state index in [1.165, 1.54) is 12.1 Å². The molecule has 1 aromatic carbocycles. The Labute approximate surface area is 158 Å². The van der Waals surface area contributed by atoms with Gasteiger partial charge in [0.15, 0.2) is 0 Å². The summed E-state index contributed by atoms with van der Waals surface area (Å²) in [5.41, 5.74) is 0. The lowest BCUT2D eigenvalue weighted by Crippen LogP contribution is -2.51. The number of nitrogens with one attached hydrogen (secondary N) is 2. The molecule has 1 aliphatic heterocycles. The van der Waals surface area contributed by atoms with Crippen LogP contribution in [0.15, 0.2) is 29.2 Å². The summed E-state index contributed by atoms with van der Waals surface area (Å²) >= 11 is 0. The molecule has 0 spiro atoms. The van der Waals surface area contributed by atoms with Gasteiger partial charge in [-0.15, -0.1) is 0 Å². The highest BCUT2D eigenvalue weighted by atomic mass is 32.2. The van der Waals surface area contributed by atoms with Crippen molar-refractivity contribution in [3.05, 3.63) is 30.1 Å². The number of aliphatic hydroxyl groups excluding tert-OH is 1. The summed E-state index contributed by atoms with van der Waals surface area (Å²) in [6, 6.07) is 4.41. The van der Waals surface area contributed by atoms with Crippen LogP contribution < -0.4 is 10.0 Å². The SMILES string of the molecule is O=C(N[C@H]1CC[C@@H](CCNS(=O)(=O)c2ccc(F)cc2)O[C@H]1CO)C1CC1. The van der Waals surface area contributed by atoms with E-state index in [0.29, 0.717) is 19.3 Å². The van der Waals surface area contributed by atoms with Crippen LogP contribution in [0, 0.1) is 11.7 Å². The van der Waals surface area contributed by atoms with E-state index >= 15 is 0 Å². The molecule has 9 heteroatoms. The molecular weight excluding hydrogens is 375 g/mol. The van der Waals surface area contributed by atoms with E-state index in [0.717, 1.165) is 25.0 Å². The molecule has 1 heterocycles. The lowest BCUT2D eigenvalue weighted by atomic mass is 9.97. The molecule has 1 aromatic rings. The number of hydrogen-bond donors (Lipinski definition) is 3. The molecule has 3 rings (SSSR count). The summed E-state index contributed by atoms with van der Waals surface area (Å²) in [7, 11) is -3.70. The van der Waals surface area contributed by atoms with Crippen LogP contribution in [0.5, 0.6) is 0 Å². The van der Waals surface area contributed by atoms with Crippen LogP contribution in [0.25, 0.3) is 0 Å². The minimum absolute atomic E-state index is 0.00421. The fraction of sp³-hybridized carbons (Fsp3) is 0.611. The van der Waals surface area contributed by atoms with Crippen LogP contribution in [-0.2, 0) is 19.6 Å². The molecule has 2 fully saturated rings. The molecule has 0 aromatic heterocycles. The van der Waals surface area contributed by atoms with Gasteiger partial charge in [0.1, 0.15) is 11.9 Å². The van der Waals surface area contributed by atoms with Crippen LogP contribution in [0.2, 0.25) is 0 Å². The van der Waals surface area contributed by atoms with Crippen molar-refractivity contribution in [3.8, 4) is 0 Å². The standard InChI is InChI=1S/C18H25FN2O5S/c19-13-3-6-15(7-4-13)27(24,25)20-10-9-14-5-8-16(17(11-22)26-14)21-18(23)12-1-2-12/h3-4,6-7,12,14,16-17,20,22H,1-2,5,8-11H2,(H,21,23)/t14-,16-,17-/m0/s1. The number of halogens is 1. The second-order valence-corrected chi connectivity index (χ2v) is 8.85. The van der Waals surface area contributed by atoms with Crippen molar-refractivity contribution in [1.82, 2.24) is 10.0 Å². The van der Waals surface area contributed by atoms with Crippen molar-refractivity contribution in [2.75, 3.05) is 13.2 Å². The van der Waals surface area contributed by atoms with Crippen molar-refractivity contribution in [2.45, 2.75) is 55.2 Å². The van der Waals surface area contributed by atoms with E-state index in [-0.39, 0.29) is 42.0 Å². The van der Waals surface area contributed by atoms with Gasteiger partial charge in [-0.1, -0.05) is 0 Å². The zero-order valence-electron chi connectivity index (χ0n) is 14.9. The van der Waals surface area contributed by atoms with Crippen LogP contribution in [0.3, 0.4) is 0 Å². The number of amides is 1. The number of benzene rings is 1. The molecule has 1 aliphatic carbocycles. The summed E-state index contributed by atoms with van der Waals surface area (Å²) in [4.78, 5) is 11.9. The quantitative estimate of drug-likeness (QED) is 0.602. The predicted molar refractivity (Wildman–Crippen MR) is 95.8 cm³/mol. The molecule has 1 saturated heterocycles. The third-order valence-corrected chi connectivity index (χ3v) is 6.43. The van der Waals surface area contributed by atoms with Gasteiger partial charge in [-0.2, -0.15) is 0 Å². The maximum atomic E-state index is 12.9. The summed E-state index contributed by atoms with van der Waals surface area (Å²) in [5, 5.41) is 12.5. The molecule has 7 nitrogen and oxygen atoms in total. The first-order valence-corrected chi connectivity index (χ1v) is 10.7. The van der Waals surface area contributed by atoms with E-state index in [9.17, 15) is 22.7 Å². The first-order valence-electron chi connectivity index (χ1n) is 9.21. The minimum atomic E-state index is -3.70. The van der Waals surface area contributed by atoms with Gasteiger partial charge < -0.3 is 15.2 Å². The Balaban J connectivity index is 1.46. The highest BCUT2D eigenvalue weighted by Gasteiger charge is 2.36. The number of rotatable bonds is 8. The zero-order valence-corrected chi connectivity index (χ0v) is 15.8. The average molecular weight is 400 g/mol. The highest BCUT2D eigenvalue weighted by molar-refractivity contribution is 7.89. The fourth-order valence-electron chi connectivity index (χ4n) is 3.21. The highest BCUT2D eigenvalue weighted by Crippen LogP contribution is 2.30. The molecule has 1 saturated carbocycles. The molecule has 0 bridgehead atoms. The Bertz CT molecular complexity index is 752. The summed E-state index contributed by atoms with van der Waals surface area (Å²) < 4.78 is 45.6. The Morgan fingerprint density at radius 3 is 2.52 bits per heavy atom. The first-order chi connectivity index (χ1) is 12.9. The largest absolute Gasteiger partial charge is 0.394 e. The lowest BCUT2D eigenvalue weighted by Gasteiger charge is -2.36. The van der Waals surface area contributed by atoms with Crippen molar-refractivity contribution in [3.63, 3.8) is 0 Å². The zero-order chi connectivity index (χ0) is 19.4. The first kappa shape index (κ1) is 20.2. The average Bonchev–Trinajstić information content (AvgIpc) is 3.48. The minimum Gasteiger partial charge on any atom is -0.394 e. The number of ether oxygens (including phenoxy) is 1. The second-order valence-electron chi connectivity index (χ2n) is 7.09. The number of carbonyl (C=O) groups excluding carboxylic acids is 1. The van der Waals surface area contributed by atoms with E-state index in [4.69, 9.17) is 4.74 Å². The van der Waals surface area contributed by atoms with E-state index in [1.807, 2.05) is 0 Å². The van der Waals surface area contributed by atoms with Gasteiger partial charge in [0.05, 0.1) is 23.6 Å². The van der Waals surface area contributed by atoms with Crippen LogP contribution in [0.4, 0.5) is 4.39 Å². The van der Waals surface area contributed by atoms with Gasteiger partial charge in [-0.25, -0.2) is 17.5 Å². The molecule has 3 atom stereocenters. The molecule has 3 N–H and O–H groups in total. The molecule has 0 unspecified atom stereocenters. The monoisotopic (exact) mass is 400 g/mol. The second kappa shape index (κ2) is 8.64. The van der Waals surface area contributed by atoms with E-state index < -0.39 is 21.9 Å². The van der Waals surface area contributed by atoms with E-state index in [2.05, 4.69) is 10.0 Å². The lowest BCUT2D eigenvalue weighted by molar-refractivity contribution is -0.129. The predicted octanol–water partition coefficient (Wildman–Crippen LogP) is 0.929. The topological polar surface area (TPSA) is 105 Å². The van der Waals surface area contributed by atoms with Crippen LogP contribution in [-0.4, -0.2) is 50.8 Å². The van der Waals surface area contributed by atoms with Gasteiger partial charge in [0.2, 0.25) is 15.9 Å². The van der Waals surface area contributed by atoms with Crippen molar-refractivity contribution < 1.29 is 27.4 Å². The molecule has 2 aliphatic rings. The summed E-state index contributed by atoms with van der Waals surface area (Å²) in [6.07, 6.45) is 2.94. The van der Waals surface area contributed by atoms with E-state index in [1.54, 1.807) is 0 Å². The Morgan fingerprint density at radius 1 is 1.19 bits per heavy atom. The Morgan fingerprint density at radius 2 is 1.89 bits per heavy atom. The van der Waals surface area contributed by atoms with Crippen LogP contribution >= 0.6 is 0 Å². The van der Waals surface area contributed by atoms with Crippen molar-refractivity contribution in [2.24, 2.45) is 5.92 Å². The van der Waals surface area contributed by atoms with Gasteiger partial charge in [-0.3, -0.25) is 4.79 Å². The van der Waals surface area contributed by atoms with Gasteiger partial charge in [0, 0.05) is 12.5 Å². The maximum Gasteiger partial charge on any atom is 0.240 e. The number of sulfonamides is 1. The number of carbonyl (C=O) groups is 1. The number of aliphatic hydroxyl groups is 1. The third-order valence-electron chi connectivity index (χ3n) is 4.95. The van der Waals surface area contributed by atoms with Gasteiger partial charge in [0.25, 0.3) is 0 Å². The fourth-order valence-corrected chi connectivity index (χ4v) is 4.25. The summed E-state index contributed by atoms with van der Waals surface area (Å²) in [5.74, 6) is -0.376. The molecule has 1 amide bonds. The summed E-state index contributed by atoms with van der Waals surface area (Å²) in [6.45, 7) is -0.0327. The molecule has 27 heavy (non-hydrogen) atoms. The maximum absolute atomic E-state index is 12.9. The van der Waals surface area contributed by atoms with Crippen molar-refractivity contribution in [1.29, 1.82) is 0 Å². The Hall–Kier alpha value is -1.55. The third kappa shape index (κ3) is 5.47. The normalized spacial score (nSPS) is 25.9. The molecular formula is C18H25FN2O5S. The van der Waals surface area contributed by atoms with Crippen molar-refractivity contribution >= 4 is 15.9 Å². The molecule has 150 valence electrons. The molecule has 0 radical (unpaired) electrons. The smallest absolute Gasteiger partial charge is 0.240 e. The number of hydrogen-bond acceptors (Lipinski definition) is 5. The van der Waals surface area contributed by atoms with Crippen LogP contribution in [0.1, 0.15) is 32.1 Å². The Kier molecular flexibility index (Phi) is 6.46.